The molecule has 1 unspecified atom stereocenters. The summed E-state index contributed by atoms with van der Waals surface area (Å²) in [4.78, 5) is 12.8. The van der Waals surface area contributed by atoms with Crippen molar-refractivity contribution in [2.75, 3.05) is 13.2 Å². The third-order valence-electron chi connectivity index (χ3n) is 7.50. The maximum Gasteiger partial charge on any atom is 0.273 e. The molecule has 2 aromatic heterocycles. The molecule has 2 aliphatic rings. The number of benzene rings is 2. The topological polar surface area (TPSA) is 86.6 Å². The normalized spacial score (nSPS) is 17.7. The molecule has 1 fully saturated rings. The number of amides is 1. The minimum Gasteiger partial charge on any atom is -0.350 e. The van der Waals surface area contributed by atoms with E-state index >= 15 is 4.39 Å². The van der Waals surface area contributed by atoms with Crippen LogP contribution in [-0.4, -0.2) is 38.4 Å². The molecule has 3 heterocycles. The van der Waals surface area contributed by atoms with Gasteiger partial charge >= 0.3 is 0 Å². The van der Waals surface area contributed by atoms with Gasteiger partial charge in [0.25, 0.3) is 15.9 Å². The number of thiophene rings is 1. The first-order chi connectivity index (χ1) is 20.5. The summed E-state index contributed by atoms with van der Waals surface area (Å²) in [6, 6.07) is 9.23. The average molecular weight is 704 g/mol. The number of ether oxygens (including phenoxy) is 2. The molecule has 43 heavy (non-hydrogen) atoms. The van der Waals surface area contributed by atoms with Crippen molar-refractivity contribution in [2.45, 2.75) is 36.3 Å². The lowest BCUT2D eigenvalue weighted by Crippen LogP contribution is -2.28. The van der Waals surface area contributed by atoms with Gasteiger partial charge in [0, 0.05) is 45.2 Å². The van der Waals surface area contributed by atoms with Gasteiger partial charge in [-0.1, -0.05) is 52.5 Å². The van der Waals surface area contributed by atoms with Gasteiger partial charge in [0.1, 0.15) is 14.4 Å². The van der Waals surface area contributed by atoms with Crippen LogP contribution in [0.5, 0.6) is 0 Å². The zero-order valence-corrected chi connectivity index (χ0v) is 26.9. The van der Waals surface area contributed by atoms with E-state index in [1.165, 1.54) is 18.2 Å². The highest BCUT2D eigenvalue weighted by atomic mass is 35.5. The Balaban J connectivity index is 1.40. The molecule has 7 nitrogen and oxygen atoms in total. The van der Waals surface area contributed by atoms with Crippen LogP contribution < -0.4 is 4.72 Å². The van der Waals surface area contributed by atoms with E-state index in [0.29, 0.717) is 59.1 Å². The van der Waals surface area contributed by atoms with Crippen molar-refractivity contribution in [3.8, 4) is 0 Å². The standard InChI is InChI=1S/C29H23Cl4FN2O5S2/c30-18-4-1-17(22(31)11-18)14-36-24-5-2-16(29-40-7-8-41-29)10-20(24)21-12-19(34)9-15(27(21)36)3-6-25(37)35-43(38,39)26-13-23(32)28(33)42-26/h1,3-4,6,9,11-13,16,29H,2,5,7-8,10,14H2,(H,35,37)/b6-3+. The van der Waals surface area contributed by atoms with E-state index in [4.69, 9.17) is 55.9 Å². The second-order valence-corrected chi connectivity index (χ2v) is 15.1. The SMILES string of the molecule is O=C(/C=C/c1cc(F)cc2c3c(n(Cc4ccc(Cl)cc4Cl)c12)CCC(C1OCCO1)C3)NS(=O)(=O)c1cc(Cl)c(Cl)s1. The number of rotatable bonds is 7. The Labute approximate surface area is 271 Å². The van der Waals surface area contributed by atoms with Gasteiger partial charge in [-0.25, -0.2) is 17.5 Å². The Morgan fingerprint density at radius 3 is 2.56 bits per heavy atom. The van der Waals surface area contributed by atoms with Crippen molar-refractivity contribution in [3.05, 3.63) is 90.1 Å². The second kappa shape index (κ2) is 12.3. The Morgan fingerprint density at radius 2 is 1.86 bits per heavy atom. The summed E-state index contributed by atoms with van der Waals surface area (Å²) in [5.41, 5.74) is 3.90. The smallest absolute Gasteiger partial charge is 0.273 e. The van der Waals surface area contributed by atoms with Crippen LogP contribution in [0.1, 0.15) is 28.8 Å². The zero-order chi connectivity index (χ0) is 30.5. The van der Waals surface area contributed by atoms with Crippen molar-refractivity contribution in [1.29, 1.82) is 0 Å². The fourth-order valence-corrected chi connectivity index (χ4v) is 8.94. The van der Waals surface area contributed by atoms with Gasteiger partial charge < -0.3 is 14.0 Å². The summed E-state index contributed by atoms with van der Waals surface area (Å²) < 4.78 is 56.0. The molecule has 226 valence electrons. The first-order valence-electron chi connectivity index (χ1n) is 13.2. The number of aromatic nitrogens is 1. The zero-order valence-electron chi connectivity index (χ0n) is 22.2. The molecule has 1 amide bonds. The Morgan fingerprint density at radius 1 is 1.09 bits per heavy atom. The highest BCUT2D eigenvalue weighted by molar-refractivity contribution is 7.92. The molecule has 0 spiro atoms. The first-order valence-corrected chi connectivity index (χ1v) is 17.0. The molecule has 0 bridgehead atoms. The van der Waals surface area contributed by atoms with Crippen LogP contribution >= 0.6 is 57.7 Å². The molecule has 1 aliphatic heterocycles. The van der Waals surface area contributed by atoms with E-state index in [9.17, 15) is 13.2 Å². The van der Waals surface area contributed by atoms with E-state index in [0.717, 1.165) is 46.7 Å². The van der Waals surface area contributed by atoms with Crippen LogP contribution in [0.25, 0.3) is 17.0 Å². The monoisotopic (exact) mass is 702 g/mol. The highest BCUT2D eigenvalue weighted by Crippen LogP contribution is 2.40. The Kier molecular flexibility index (Phi) is 8.85. The van der Waals surface area contributed by atoms with Crippen LogP contribution in [0.3, 0.4) is 0 Å². The second-order valence-electron chi connectivity index (χ2n) is 10.2. The summed E-state index contributed by atoms with van der Waals surface area (Å²) in [7, 11) is -4.22. The van der Waals surface area contributed by atoms with E-state index in [1.807, 2.05) is 10.8 Å². The molecule has 6 rings (SSSR count). The third kappa shape index (κ3) is 6.35. The van der Waals surface area contributed by atoms with Gasteiger partial charge in [-0.2, -0.15) is 0 Å². The Hall–Kier alpha value is -2.15. The number of carbonyl (C=O) groups is 1. The van der Waals surface area contributed by atoms with E-state index in [-0.39, 0.29) is 25.8 Å². The Bertz CT molecular complexity index is 1860. The average Bonchev–Trinajstić information content (AvgIpc) is 3.68. The summed E-state index contributed by atoms with van der Waals surface area (Å²) >= 11 is 25.2. The first kappa shape index (κ1) is 30.9. The van der Waals surface area contributed by atoms with E-state index in [2.05, 4.69) is 4.57 Å². The van der Waals surface area contributed by atoms with Gasteiger partial charge in [0.2, 0.25) is 0 Å². The summed E-state index contributed by atoms with van der Waals surface area (Å²) in [6.07, 6.45) is 4.26. The van der Waals surface area contributed by atoms with Crippen molar-refractivity contribution in [1.82, 2.24) is 9.29 Å². The fraction of sp³-hybridized carbons (Fsp3) is 0.276. The predicted octanol–water partition coefficient (Wildman–Crippen LogP) is 7.50. The third-order valence-corrected chi connectivity index (χ3v) is 11.8. The number of hydrogen-bond donors (Lipinski definition) is 1. The van der Waals surface area contributed by atoms with Gasteiger partial charge in [-0.05, 0) is 66.8 Å². The molecular weight excluding hydrogens is 681 g/mol. The lowest BCUT2D eigenvalue weighted by atomic mass is 9.85. The maximum atomic E-state index is 15.1. The number of nitrogens with one attached hydrogen (secondary N) is 1. The van der Waals surface area contributed by atoms with Crippen LogP contribution in [0, 0.1) is 11.7 Å². The molecule has 1 saturated heterocycles. The summed E-state index contributed by atoms with van der Waals surface area (Å²) in [5.74, 6) is -1.31. The highest BCUT2D eigenvalue weighted by Gasteiger charge is 2.34. The minimum atomic E-state index is -4.22. The number of carbonyl (C=O) groups excluding carboxylic acids is 1. The number of halogens is 5. The minimum absolute atomic E-state index is 0.0657. The van der Waals surface area contributed by atoms with Crippen molar-refractivity contribution >= 4 is 90.6 Å². The molecule has 4 aromatic rings. The van der Waals surface area contributed by atoms with Crippen LogP contribution in [0.4, 0.5) is 4.39 Å². The van der Waals surface area contributed by atoms with Crippen molar-refractivity contribution < 1.29 is 27.1 Å². The van der Waals surface area contributed by atoms with Gasteiger partial charge in [-0.3, -0.25) is 4.79 Å². The number of nitrogens with zero attached hydrogens (tertiary/aromatic N) is 1. The molecular formula is C29H23Cl4FN2O5S2. The van der Waals surface area contributed by atoms with Gasteiger partial charge in [-0.15, -0.1) is 11.3 Å². The molecule has 0 radical (unpaired) electrons. The van der Waals surface area contributed by atoms with Crippen LogP contribution in [0.15, 0.2) is 46.7 Å². The van der Waals surface area contributed by atoms with Gasteiger partial charge in [0.05, 0.1) is 23.8 Å². The van der Waals surface area contributed by atoms with E-state index < -0.39 is 21.7 Å². The summed E-state index contributed by atoms with van der Waals surface area (Å²) in [5, 5.41) is 1.75. The van der Waals surface area contributed by atoms with Gasteiger partial charge in [0.15, 0.2) is 6.29 Å². The molecule has 14 heteroatoms. The number of hydrogen-bond acceptors (Lipinski definition) is 6. The summed E-state index contributed by atoms with van der Waals surface area (Å²) in [6.45, 7) is 1.45. The molecule has 1 atom stereocenters. The number of sulfonamides is 1. The van der Waals surface area contributed by atoms with Crippen molar-refractivity contribution in [2.24, 2.45) is 5.92 Å². The largest absolute Gasteiger partial charge is 0.350 e. The maximum absolute atomic E-state index is 15.1. The van der Waals surface area contributed by atoms with Crippen LogP contribution in [-0.2, 0) is 43.7 Å². The fourth-order valence-electron chi connectivity index (χ4n) is 5.65. The number of fused-ring (bicyclic) bond motifs is 3. The molecule has 2 aromatic carbocycles. The molecule has 1 aliphatic carbocycles. The van der Waals surface area contributed by atoms with E-state index in [1.54, 1.807) is 12.1 Å². The molecule has 1 N–H and O–H groups in total. The molecule has 0 saturated carbocycles. The lowest BCUT2D eigenvalue weighted by Gasteiger charge is -2.27. The van der Waals surface area contributed by atoms with Crippen molar-refractivity contribution in [3.63, 3.8) is 0 Å². The predicted molar refractivity (Wildman–Crippen MR) is 167 cm³/mol. The van der Waals surface area contributed by atoms with Crippen LogP contribution in [0.2, 0.25) is 19.4 Å². The quantitative estimate of drug-likeness (QED) is 0.202. The lowest BCUT2D eigenvalue weighted by molar-refractivity contribution is -0.114.